The Bertz CT molecular complexity index is 632. The van der Waals surface area contributed by atoms with E-state index >= 15 is 0 Å². The van der Waals surface area contributed by atoms with Crippen molar-refractivity contribution in [2.24, 2.45) is 0 Å². The number of rotatable bonds is 4. The van der Waals surface area contributed by atoms with Gasteiger partial charge >= 0.3 is 0 Å². The fourth-order valence-corrected chi connectivity index (χ4v) is 2.83. The van der Waals surface area contributed by atoms with Gasteiger partial charge in [-0.3, -0.25) is 4.90 Å². The largest absolute Gasteiger partial charge is 0.369 e. The van der Waals surface area contributed by atoms with Gasteiger partial charge in [-0.25, -0.2) is 4.39 Å². The summed E-state index contributed by atoms with van der Waals surface area (Å²) in [4.78, 5) is 9.12. The molecule has 0 amide bonds. The molecule has 0 radical (unpaired) electrons. The van der Waals surface area contributed by atoms with Crippen LogP contribution in [0.15, 0.2) is 28.8 Å². The molecule has 1 fully saturated rings. The molecule has 1 aliphatic rings. The van der Waals surface area contributed by atoms with Crippen molar-refractivity contribution in [1.82, 2.24) is 15.0 Å². The Morgan fingerprint density at radius 1 is 1.04 bits per heavy atom. The minimum absolute atomic E-state index is 0.116. The van der Waals surface area contributed by atoms with Crippen molar-refractivity contribution in [3.8, 4) is 0 Å². The van der Waals surface area contributed by atoms with Gasteiger partial charge in [-0.1, -0.05) is 19.0 Å². The van der Waals surface area contributed by atoms with Gasteiger partial charge in [0.2, 0.25) is 5.89 Å². The molecule has 124 valence electrons. The SMILES string of the molecule is CC(C)c1noc(C(C)N2CCN(c3ccc(F)cc3)CC2)n1. The highest BCUT2D eigenvalue weighted by atomic mass is 19.1. The van der Waals surface area contributed by atoms with Crippen LogP contribution >= 0.6 is 0 Å². The van der Waals surface area contributed by atoms with E-state index in [0.29, 0.717) is 5.89 Å². The summed E-state index contributed by atoms with van der Waals surface area (Å²) in [5.41, 5.74) is 1.07. The van der Waals surface area contributed by atoms with Crippen molar-refractivity contribution in [3.05, 3.63) is 41.8 Å². The number of halogens is 1. The van der Waals surface area contributed by atoms with E-state index in [1.807, 2.05) is 12.1 Å². The fraction of sp³-hybridized carbons (Fsp3) is 0.529. The number of nitrogens with zero attached hydrogens (tertiary/aromatic N) is 4. The van der Waals surface area contributed by atoms with Crippen LogP contribution in [0, 0.1) is 5.82 Å². The predicted molar refractivity (Wildman–Crippen MR) is 87.0 cm³/mol. The maximum Gasteiger partial charge on any atom is 0.243 e. The number of hydrogen-bond acceptors (Lipinski definition) is 5. The zero-order chi connectivity index (χ0) is 16.4. The molecule has 1 saturated heterocycles. The Morgan fingerprint density at radius 3 is 2.26 bits per heavy atom. The summed E-state index contributed by atoms with van der Waals surface area (Å²) < 4.78 is 18.4. The van der Waals surface area contributed by atoms with Crippen LogP contribution in [-0.2, 0) is 0 Å². The highest BCUT2D eigenvalue weighted by Gasteiger charge is 2.26. The number of hydrogen-bond donors (Lipinski definition) is 0. The first-order valence-electron chi connectivity index (χ1n) is 8.12. The molecule has 0 saturated carbocycles. The molecule has 0 spiro atoms. The smallest absolute Gasteiger partial charge is 0.243 e. The molecule has 1 aromatic carbocycles. The van der Waals surface area contributed by atoms with E-state index in [-0.39, 0.29) is 17.8 Å². The molecule has 6 heteroatoms. The molecule has 3 rings (SSSR count). The van der Waals surface area contributed by atoms with Crippen molar-refractivity contribution in [3.63, 3.8) is 0 Å². The van der Waals surface area contributed by atoms with Crippen LogP contribution in [0.3, 0.4) is 0 Å². The van der Waals surface area contributed by atoms with Gasteiger partial charge in [-0.15, -0.1) is 0 Å². The first kappa shape index (κ1) is 15.9. The lowest BCUT2D eigenvalue weighted by Crippen LogP contribution is -2.47. The van der Waals surface area contributed by atoms with Gasteiger partial charge in [0, 0.05) is 37.8 Å². The molecule has 2 aromatic rings. The Hall–Kier alpha value is -1.95. The lowest BCUT2D eigenvalue weighted by Gasteiger charge is -2.38. The number of aromatic nitrogens is 2. The van der Waals surface area contributed by atoms with Crippen molar-refractivity contribution < 1.29 is 8.91 Å². The minimum Gasteiger partial charge on any atom is -0.369 e. The fourth-order valence-electron chi connectivity index (χ4n) is 2.83. The lowest BCUT2D eigenvalue weighted by atomic mass is 10.2. The van der Waals surface area contributed by atoms with Crippen molar-refractivity contribution in [2.45, 2.75) is 32.7 Å². The average Bonchev–Trinajstić information content (AvgIpc) is 3.05. The molecule has 1 atom stereocenters. The molecule has 0 bridgehead atoms. The van der Waals surface area contributed by atoms with Crippen molar-refractivity contribution in [1.29, 1.82) is 0 Å². The maximum absolute atomic E-state index is 13.0. The van der Waals surface area contributed by atoms with Gasteiger partial charge in [-0.05, 0) is 31.2 Å². The Morgan fingerprint density at radius 2 is 1.70 bits per heavy atom. The Balaban J connectivity index is 1.60. The summed E-state index contributed by atoms with van der Waals surface area (Å²) in [6.45, 7) is 9.85. The van der Waals surface area contributed by atoms with Gasteiger partial charge in [-0.2, -0.15) is 4.98 Å². The van der Waals surface area contributed by atoms with E-state index in [2.05, 4.69) is 40.7 Å². The van der Waals surface area contributed by atoms with E-state index < -0.39 is 0 Å². The number of benzene rings is 1. The van der Waals surface area contributed by atoms with Gasteiger partial charge < -0.3 is 9.42 Å². The quantitative estimate of drug-likeness (QED) is 0.866. The van der Waals surface area contributed by atoms with E-state index in [9.17, 15) is 4.39 Å². The van der Waals surface area contributed by atoms with E-state index in [0.717, 1.165) is 37.7 Å². The molecule has 1 aromatic heterocycles. The molecular weight excluding hydrogens is 295 g/mol. The monoisotopic (exact) mass is 318 g/mol. The molecule has 5 nitrogen and oxygen atoms in total. The Kier molecular flexibility index (Phi) is 4.61. The van der Waals surface area contributed by atoms with Crippen LogP contribution in [0.2, 0.25) is 0 Å². The summed E-state index contributed by atoms with van der Waals surface area (Å²) in [7, 11) is 0. The third kappa shape index (κ3) is 3.52. The molecular formula is C17H23FN4O. The van der Waals surface area contributed by atoms with E-state index in [1.165, 1.54) is 12.1 Å². The summed E-state index contributed by atoms with van der Waals surface area (Å²) in [5, 5.41) is 4.04. The van der Waals surface area contributed by atoms with Crippen molar-refractivity contribution >= 4 is 5.69 Å². The molecule has 23 heavy (non-hydrogen) atoms. The van der Waals surface area contributed by atoms with Crippen LogP contribution in [-0.4, -0.2) is 41.2 Å². The normalized spacial score (nSPS) is 17.7. The highest BCUT2D eigenvalue weighted by Crippen LogP contribution is 2.24. The second kappa shape index (κ2) is 6.66. The molecule has 1 unspecified atom stereocenters. The summed E-state index contributed by atoms with van der Waals surface area (Å²) >= 11 is 0. The van der Waals surface area contributed by atoms with Crippen LogP contribution in [0.5, 0.6) is 0 Å². The second-order valence-electron chi connectivity index (χ2n) is 6.32. The highest BCUT2D eigenvalue weighted by molar-refractivity contribution is 5.46. The minimum atomic E-state index is -0.196. The van der Waals surface area contributed by atoms with Crippen LogP contribution in [0.1, 0.15) is 44.4 Å². The maximum atomic E-state index is 13.0. The third-order valence-corrected chi connectivity index (χ3v) is 4.38. The number of piperazine rings is 1. The molecule has 2 heterocycles. The first-order valence-corrected chi connectivity index (χ1v) is 8.12. The summed E-state index contributed by atoms with van der Waals surface area (Å²) in [5.74, 6) is 1.52. The molecule has 0 aliphatic carbocycles. The zero-order valence-electron chi connectivity index (χ0n) is 13.9. The molecule has 0 N–H and O–H groups in total. The average molecular weight is 318 g/mol. The lowest BCUT2D eigenvalue weighted by molar-refractivity contribution is 0.164. The van der Waals surface area contributed by atoms with Gasteiger partial charge in [0.25, 0.3) is 0 Å². The zero-order valence-corrected chi connectivity index (χ0v) is 13.9. The van der Waals surface area contributed by atoms with Gasteiger partial charge in [0.1, 0.15) is 5.82 Å². The first-order chi connectivity index (χ1) is 11.0. The van der Waals surface area contributed by atoms with Crippen LogP contribution in [0.25, 0.3) is 0 Å². The second-order valence-corrected chi connectivity index (χ2v) is 6.32. The summed E-state index contributed by atoms with van der Waals surface area (Å²) in [6, 6.07) is 6.81. The Labute approximate surface area is 136 Å². The molecule has 1 aliphatic heterocycles. The topological polar surface area (TPSA) is 45.4 Å². The van der Waals surface area contributed by atoms with E-state index in [1.54, 1.807) is 0 Å². The van der Waals surface area contributed by atoms with Gasteiger partial charge in [0.05, 0.1) is 6.04 Å². The van der Waals surface area contributed by atoms with E-state index in [4.69, 9.17) is 4.52 Å². The number of anilines is 1. The van der Waals surface area contributed by atoms with Crippen LogP contribution in [0.4, 0.5) is 10.1 Å². The third-order valence-electron chi connectivity index (χ3n) is 4.38. The van der Waals surface area contributed by atoms with Crippen LogP contribution < -0.4 is 4.90 Å². The van der Waals surface area contributed by atoms with Gasteiger partial charge in [0.15, 0.2) is 5.82 Å². The van der Waals surface area contributed by atoms with Crippen molar-refractivity contribution in [2.75, 3.05) is 31.1 Å². The standard InChI is InChI=1S/C17H23FN4O/c1-12(2)16-19-17(23-20-16)13(3)21-8-10-22(11-9-21)15-6-4-14(18)5-7-15/h4-7,12-13H,8-11H2,1-3H3. The summed E-state index contributed by atoms with van der Waals surface area (Å²) in [6.07, 6.45) is 0. The predicted octanol–water partition coefficient (Wildman–Crippen LogP) is 3.22.